The quantitative estimate of drug-likeness (QED) is 0.0870. The number of hydrogen-bond donors (Lipinski definition) is 11. The lowest BCUT2D eigenvalue weighted by Crippen LogP contribution is -2.64. The largest absolute Gasteiger partial charge is 0.507 e. The van der Waals surface area contributed by atoms with Gasteiger partial charge in [0.2, 0.25) is 23.8 Å². The summed E-state index contributed by atoms with van der Waals surface area (Å²) in [7, 11) is 1.44. The predicted molar refractivity (Wildman–Crippen MR) is 199 cm³/mol. The van der Waals surface area contributed by atoms with Crippen molar-refractivity contribution in [2.24, 2.45) is 0 Å². The molecule has 2 aromatic carbocycles. The number of ether oxygens (including phenoxy) is 7. The van der Waals surface area contributed by atoms with E-state index in [4.69, 9.17) is 37.6 Å². The molecule has 0 saturated carbocycles. The predicted octanol–water partition coefficient (Wildman–Crippen LogP) is -2.11. The Kier molecular flexibility index (Phi) is 13.9. The number of phenols is 1. The molecule has 3 aliphatic heterocycles. The highest BCUT2D eigenvalue weighted by molar-refractivity contribution is 5.91. The molecule has 11 N–H and O–H groups in total. The molecule has 4 heterocycles. The lowest BCUT2D eigenvalue weighted by molar-refractivity contribution is -0.355. The Labute approximate surface area is 336 Å². The number of fused-ring (bicyclic) bond motifs is 1. The molecular formula is C39H50O20. The molecule has 6 rings (SSSR count). The van der Waals surface area contributed by atoms with Crippen LogP contribution in [0.5, 0.6) is 23.0 Å². The van der Waals surface area contributed by atoms with Crippen molar-refractivity contribution in [3.05, 3.63) is 57.8 Å². The summed E-state index contributed by atoms with van der Waals surface area (Å²) < 4.78 is 46.6. The van der Waals surface area contributed by atoms with E-state index in [0.29, 0.717) is 5.75 Å². The Hall–Kier alpha value is -3.97. The van der Waals surface area contributed by atoms with Crippen LogP contribution in [0.15, 0.2) is 51.2 Å². The van der Waals surface area contributed by atoms with E-state index in [-0.39, 0.29) is 34.6 Å². The van der Waals surface area contributed by atoms with Crippen LogP contribution in [0.2, 0.25) is 0 Å². The third-order valence-corrected chi connectivity index (χ3v) is 10.5. The number of rotatable bonds is 12. The van der Waals surface area contributed by atoms with Crippen molar-refractivity contribution in [2.75, 3.05) is 20.3 Å². The van der Waals surface area contributed by atoms with Crippen molar-refractivity contribution in [1.29, 1.82) is 0 Å². The number of aliphatic hydroxyl groups is 10. The lowest BCUT2D eigenvalue weighted by atomic mass is 9.97. The maximum absolute atomic E-state index is 14.7. The average molecular weight is 839 g/mol. The zero-order chi connectivity index (χ0) is 43.0. The maximum atomic E-state index is 14.7. The Morgan fingerprint density at radius 1 is 0.746 bits per heavy atom. The maximum Gasteiger partial charge on any atom is 0.239 e. The first-order valence-electron chi connectivity index (χ1n) is 18.8. The third kappa shape index (κ3) is 8.79. The summed E-state index contributed by atoms with van der Waals surface area (Å²) in [4.78, 5) is 14.7. The molecule has 0 radical (unpaired) electrons. The van der Waals surface area contributed by atoms with Gasteiger partial charge in [0.1, 0.15) is 89.3 Å². The van der Waals surface area contributed by atoms with Crippen LogP contribution in [0, 0.1) is 0 Å². The molecular weight excluding hydrogens is 788 g/mol. The summed E-state index contributed by atoms with van der Waals surface area (Å²) >= 11 is 0. The van der Waals surface area contributed by atoms with E-state index in [2.05, 4.69) is 0 Å². The zero-order valence-electron chi connectivity index (χ0n) is 32.3. The number of aromatic hydroxyl groups is 1. The highest BCUT2D eigenvalue weighted by Crippen LogP contribution is 2.42. The van der Waals surface area contributed by atoms with E-state index in [9.17, 15) is 61.0 Å². The molecule has 0 bridgehead atoms. The molecule has 3 aliphatic rings. The van der Waals surface area contributed by atoms with Gasteiger partial charge in [-0.15, -0.1) is 0 Å². The second-order valence-electron chi connectivity index (χ2n) is 14.8. The first-order valence-corrected chi connectivity index (χ1v) is 18.8. The van der Waals surface area contributed by atoms with Crippen LogP contribution in [0.4, 0.5) is 0 Å². The monoisotopic (exact) mass is 838 g/mol. The molecule has 20 heteroatoms. The van der Waals surface area contributed by atoms with Crippen LogP contribution in [0.1, 0.15) is 26.3 Å². The fourth-order valence-electron chi connectivity index (χ4n) is 6.99. The van der Waals surface area contributed by atoms with Crippen molar-refractivity contribution < 1.29 is 93.7 Å². The smallest absolute Gasteiger partial charge is 0.239 e. The molecule has 1 aromatic heterocycles. The number of aliphatic hydroxyl groups excluding tert-OH is 10. The second-order valence-corrected chi connectivity index (χ2v) is 14.8. The second kappa shape index (κ2) is 18.3. The molecule has 3 unspecified atom stereocenters. The third-order valence-electron chi connectivity index (χ3n) is 10.5. The van der Waals surface area contributed by atoms with Gasteiger partial charge in [-0.3, -0.25) is 4.79 Å². The summed E-state index contributed by atoms with van der Waals surface area (Å²) in [5.41, 5.74) is -0.0519. The van der Waals surface area contributed by atoms with Crippen LogP contribution < -0.4 is 19.6 Å². The van der Waals surface area contributed by atoms with E-state index in [0.717, 1.165) is 11.6 Å². The number of hydrogen-bond acceptors (Lipinski definition) is 20. The van der Waals surface area contributed by atoms with Crippen molar-refractivity contribution in [3.63, 3.8) is 0 Å². The van der Waals surface area contributed by atoms with Crippen LogP contribution in [0.25, 0.3) is 22.3 Å². The van der Waals surface area contributed by atoms with E-state index < -0.39 is 128 Å². The standard InChI is InChI=1S/C39H50O20/c1-14(2)5-10-18-20(54-37-31(50)28(47)25(44)21(12-40)55-37)11-19(42)23-27(46)35(33(57-34(18)23)16-6-8-17(52-4)9-7-16)58-39-36(30(49)24(43)15(3)53-39)59-38-32(51)29(48)26(45)22(13-41)56-38/h5-9,11,15,21-22,24-26,28-32,36-45,47-51H,10,12-13H2,1-4H3/t15-,21+,22+,24-,25+,26+,28-,29-,30+,31+,32+,36+,37?,38?,39?/m0/s1. The molecule has 0 amide bonds. The molecule has 0 spiro atoms. The van der Waals surface area contributed by atoms with Gasteiger partial charge < -0.3 is 93.7 Å². The van der Waals surface area contributed by atoms with Crippen LogP contribution in [-0.2, 0) is 25.4 Å². The summed E-state index contributed by atoms with van der Waals surface area (Å²) in [6.07, 6.45) is -23.6. The highest BCUT2D eigenvalue weighted by Gasteiger charge is 2.51. The molecule has 3 saturated heterocycles. The minimum atomic E-state index is -1.94. The number of methoxy groups -OCH3 is 1. The van der Waals surface area contributed by atoms with E-state index in [1.165, 1.54) is 26.2 Å². The van der Waals surface area contributed by atoms with E-state index in [1.807, 2.05) is 0 Å². The van der Waals surface area contributed by atoms with Crippen molar-refractivity contribution in [1.82, 2.24) is 0 Å². The summed E-state index contributed by atoms with van der Waals surface area (Å²) in [6.45, 7) is 3.44. The Morgan fingerprint density at radius 3 is 1.92 bits per heavy atom. The molecule has 59 heavy (non-hydrogen) atoms. The van der Waals surface area contributed by atoms with Gasteiger partial charge in [0.25, 0.3) is 0 Å². The number of phenolic OH excluding ortho intramolecular Hbond substituents is 1. The topological polar surface area (TPSA) is 317 Å². The molecule has 15 atom stereocenters. The molecule has 3 aromatic rings. The fourth-order valence-corrected chi connectivity index (χ4v) is 6.99. The molecule has 0 aliphatic carbocycles. The molecule has 20 nitrogen and oxygen atoms in total. The molecule has 326 valence electrons. The van der Waals surface area contributed by atoms with Crippen molar-refractivity contribution >= 4 is 11.0 Å². The fraction of sp³-hybridized carbons (Fsp3) is 0.564. The number of allylic oxidation sites excluding steroid dienone is 2. The highest BCUT2D eigenvalue weighted by atomic mass is 16.8. The van der Waals surface area contributed by atoms with Gasteiger partial charge in [-0.25, -0.2) is 0 Å². The average Bonchev–Trinajstić information content (AvgIpc) is 3.21. The Balaban J connectivity index is 1.50. The van der Waals surface area contributed by atoms with E-state index >= 15 is 0 Å². The van der Waals surface area contributed by atoms with Gasteiger partial charge in [0.05, 0.1) is 26.4 Å². The normalized spacial score (nSPS) is 35.0. The van der Waals surface area contributed by atoms with Gasteiger partial charge in [-0.05, 0) is 51.5 Å². The number of benzene rings is 2. The Bertz CT molecular complexity index is 1990. The minimum Gasteiger partial charge on any atom is -0.507 e. The van der Waals surface area contributed by atoms with Crippen molar-refractivity contribution in [3.8, 4) is 34.3 Å². The van der Waals surface area contributed by atoms with Gasteiger partial charge >= 0.3 is 0 Å². The SMILES string of the molecule is COc1ccc(-c2oc3c(CC=C(C)C)c(OC4O[C@H](CO)[C@@H](O)[C@H](O)[C@H]4O)cc(O)c3c(=O)c2OC2O[C@@H](C)[C@H](O)[C@@H](O)[C@H]2OC2O[C@H](CO)[C@@H](O)[C@H](O)[C@H]2O)cc1. The summed E-state index contributed by atoms with van der Waals surface area (Å²) in [5, 5.41) is 115. The summed E-state index contributed by atoms with van der Waals surface area (Å²) in [6, 6.07) is 7.17. The van der Waals surface area contributed by atoms with E-state index in [1.54, 1.807) is 32.1 Å². The van der Waals surface area contributed by atoms with Crippen LogP contribution in [0.3, 0.4) is 0 Å². The molecule has 3 fully saturated rings. The first kappa shape index (κ1) is 44.6. The lowest BCUT2D eigenvalue weighted by Gasteiger charge is -2.45. The van der Waals surface area contributed by atoms with Crippen molar-refractivity contribution in [2.45, 2.75) is 119 Å². The van der Waals surface area contributed by atoms with Gasteiger partial charge in [-0.2, -0.15) is 0 Å². The van der Waals surface area contributed by atoms with Gasteiger partial charge in [0.15, 0.2) is 18.2 Å². The van der Waals surface area contributed by atoms with Gasteiger partial charge in [-0.1, -0.05) is 11.6 Å². The zero-order valence-corrected chi connectivity index (χ0v) is 32.3. The van der Waals surface area contributed by atoms with Crippen LogP contribution in [-0.4, -0.2) is 169 Å². The Morgan fingerprint density at radius 2 is 1.34 bits per heavy atom. The van der Waals surface area contributed by atoms with Crippen LogP contribution >= 0.6 is 0 Å². The first-order chi connectivity index (χ1) is 28.0. The summed E-state index contributed by atoms with van der Waals surface area (Å²) in [5.74, 6) is -1.34. The minimum absolute atomic E-state index is 0.000587. The van der Waals surface area contributed by atoms with Gasteiger partial charge in [0, 0.05) is 17.2 Å².